The van der Waals surface area contributed by atoms with Gasteiger partial charge in [-0.25, -0.2) is 0 Å². The predicted octanol–water partition coefficient (Wildman–Crippen LogP) is 1.29. The van der Waals surface area contributed by atoms with Crippen molar-refractivity contribution in [1.82, 2.24) is 5.32 Å². The first-order valence-corrected chi connectivity index (χ1v) is 6.26. The van der Waals surface area contributed by atoms with Gasteiger partial charge in [-0.3, -0.25) is 4.79 Å². The van der Waals surface area contributed by atoms with Crippen LogP contribution in [-0.4, -0.2) is 38.9 Å². The number of hydrogen-bond donors (Lipinski definition) is 1. The highest BCUT2D eigenvalue weighted by molar-refractivity contribution is 5.76. The molecule has 0 radical (unpaired) electrons. The number of ether oxygens (including phenoxy) is 3. The Hall–Kier alpha value is -1.75. The number of rotatable bonds is 4. The monoisotopic (exact) mass is 265 g/mol. The number of esters is 1. The van der Waals surface area contributed by atoms with Gasteiger partial charge in [-0.1, -0.05) is 6.07 Å². The largest absolute Gasteiger partial charge is 0.493 e. The number of nitrogens with one attached hydrogen (secondary N) is 1. The number of methoxy groups -OCH3 is 2. The minimum atomic E-state index is -0.286. The van der Waals surface area contributed by atoms with Crippen molar-refractivity contribution in [2.45, 2.75) is 25.5 Å². The first-order chi connectivity index (χ1) is 9.13. The molecule has 0 spiro atoms. The van der Waals surface area contributed by atoms with Crippen molar-refractivity contribution in [2.75, 3.05) is 20.8 Å². The predicted molar refractivity (Wildman–Crippen MR) is 70.6 cm³/mol. The number of hydrogen-bond acceptors (Lipinski definition) is 5. The molecule has 1 heterocycles. The molecular formula is C14H19NO4. The van der Waals surface area contributed by atoms with E-state index in [0.717, 1.165) is 5.56 Å². The van der Waals surface area contributed by atoms with Gasteiger partial charge in [0.1, 0.15) is 12.1 Å². The van der Waals surface area contributed by atoms with Gasteiger partial charge in [0.15, 0.2) is 11.5 Å². The lowest BCUT2D eigenvalue weighted by molar-refractivity contribution is -0.142. The lowest BCUT2D eigenvalue weighted by atomic mass is 10.2. The van der Waals surface area contributed by atoms with Crippen LogP contribution in [-0.2, 0) is 9.53 Å². The zero-order valence-electron chi connectivity index (χ0n) is 11.4. The topological polar surface area (TPSA) is 56.8 Å². The number of carbonyl (C=O) groups is 1. The van der Waals surface area contributed by atoms with Gasteiger partial charge in [0.25, 0.3) is 0 Å². The standard InChI is InChI=1S/C14H19NO4/c1-9-4-5-12(13(6-9)17-2)19-10-7-11(15-8-10)14(16)18-3/h4-6,10-11,15H,7-8H2,1-3H3/t10-,11-/m1/s1. The summed E-state index contributed by atoms with van der Waals surface area (Å²) in [5.41, 5.74) is 1.11. The van der Waals surface area contributed by atoms with Crippen LogP contribution in [0.3, 0.4) is 0 Å². The maximum atomic E-state index is 11.4. The second kappa shape index (κ2) is 5.93. The third-order valence-corrected chi connectivity index (χ3v) is 3.19. The molecule has 0 bridgehead atoms. The van der Waals surface area contributed by atoms with Crippen molar-refractivity contribution >= 4 is 5.97 Å². The van der Waals surface area contributed by atoms with Crippen molar-refractivity contribution in [1.29, 1.82) is 0 Å². The lowest BCUT2D eigenvalue weighted by Crippen LogP contribution is -2.31. The molecule has 0 aliphatic carbocycles. The molecule has 0 unspecified atom stereocenters. The minimum Gasteiger partial charge on any atom is -0.493 e. The molecule has 2 atom stereocenters. The molecule has 5 nitrogen and oxygen atoms in total. The fourth-order valence-electron chi connectivity index (χ4n) is 2.17. The van der Waals surface area contributed by atoms with Gasteiger partial charge >= 0.3 is 5.97 Å². The molecule has 1 aromatic carbocycles. The maximum absolute atomic E-state index is 11.4. The van der Waals surface area contributed by atoms with E-state index >= 15 is 0 Å². The minimum absolute atomic E-state index is 0.0549. The summed E-state index contributed by atoms with van der Waals surface area (Å²) in [6, 6.07) is 5.50. The Morgan fingerprint density at radius 2 is 2.11 bits per heavy atom. The van der Waals surface area contributed by atoms with Crippen LogP contribution in [0, 0.1) is 6.92 Å². The van der Waals surface area contributed by atoms with Crippen LogP contribution < -0.4 is 14.8 Å². The number of aryl methyl sites for hydroxylation is 1. The van der Waals surface area contributed by atoms with Crippen LogP contribution in [0.4, 0.5) is 0 Å². The SMILES string of the molecule is COC(=O)[C@H]1C[C@@H](Oc2ccc(C)cc2OC)CN1. The van der Waals surface area contributed by atoms with Crippen molar-refractivity contribution < 1.29 is 19.0 Å². The van der Waals surface area contributed by atoms with Crippen LogP contribution in [0.1, 0.15) is 12.0 Å². The van der Waals surface area contributed by atoms with E-state index in [0.29, 0.717) is 24.5 Å². The second-order valence-electron chi connectivity index (χ2n) is 4.61. The van der Waals surface area contributed by atoms with Crippen molar-refractivity contribution in [3.8, 4) is 11.5 Å². The molecule has 5 heteroatoms. The fraction of sp³-hybridized carbons (Fsp3) is 0.500. The van der Waals surface area contributed by atoms with Gasteiger partial charge in [0, 0.05) is 13.0 Å². The van der Waals surface area contributed by atoms with Crippen molar-refractivity contribution in [2.24, 2.45) is 0 Å². The number of benzene rings is 1. The Labute approximate surface area is 112 Å². The van der Waals surface area contributed by atoms with E-state index < -0.39 is 0 Å². The summed E-state index contributed by atoms with van der Waals surface area (Å²) in [7, 11) is 3.01. The molecule has 104 valence electrons. The first kappa shape index (κ1) is 13.7. The Balaban J connectivity index is 2.01. The molecule has 1 aromatic rings. The average molecular weight is 265 g/mol. The third-order valence-electron chi connectivity index (χ3n) is 3.19. The Morgan fingerprint density at radius 1 is 1.32 bits per heavy atom. The molecule has 1 fully saturated rings. The molecule has 0 saturated carbocycles. The van der Waals surface area contributed by atoms with E-state index in [1.54, 1.807) is 7.11 Å². The van der Waals surface area contributed by atoms with Crippen molar-refractivity contribution in [3.05, 3.63) is 23.8 Å². The number of carbonyl (C=O) groups excluding carboxylic acids is 1. The molecule has 19 heavy (non-hydrogen) atoms. The molecule has 2 rings (SSSR count). The highest BCUT2D eigenvalue weighted by atomic mass is 16.5. The summed E-state index contributed by atoms with van der Waals surface area (Å²) in [6.07, 6.45) is 0.546. The summed E-state index contributed by atoms with van der Waals surface area (Å²) in [6.45, 7) is 2.62. The highest BCUT2D eigenvalue weighted by Gasteiger charge is 2.31. The first-order valence-electron chi connectivity index (χ1n) is 6.26. The van der Waals surface area contributed by atoms with E-state index in [-0.39, 0.29) is 18.1 Å². The second-order valence-corrected chi connectivity index (χ2v) is 4.61. The summed E-state index contributed by atoms with van der Waals surface area (Å²) in [5, 5.41) is 3.09. The van der Waals surface area contributed by atoms with Crippen LogP contribution in [0.25, 0.3) is 0 Å². The average Bonchev–Trinajstić information content (AvgIpc) is 2.88. The molecule has 1 aliphatic heterocycles. The Bertz CT molecular complexity index is 461. The third kappa shape index (κ3) is 3.17. The van der Waals surface area contributed by atoms with Gasteiger partial charge in [-0.15, -0.1) is 0 Å². The van der Waals surface area contributed by atoms with E-state index in [1.165, 1.54) is 7.11 Å². The summed E-state index contributed by atoms with van der Waals surface area (Å²) >= 11 is 0. The molecular weight excluding hydrogens is 246 g/mol. The Morgan fingerprint density at radius 3 is 2.79 bits per heavy atom. The van der Waals surface area contributed by atoms with E-state index in [9.17, 15) is 4.79 Å². The van der Waals surface area contributed by atoms with Gasteiger partial charge in [-0.2, -0.15) is 0 Å². The maximum Gasteiger partial charge on any atom is 0.323 e. The van der Waals surface area contributed by atoms with Crippen LogP contribution in [0.2, 0.25) is 0 Å². The van der Waals surface area contributed by atoms with Crippen LogP contribution in [0.5, 0.6) is 11.5 Å². The highest BCUT2D eigenvalue weighted by Crippen LogP contribution is 2.30. The lowest BCUT2D eigenvalue weighted by Gasteiger charge is -2.16. The molecule has 0 amide bonds. The van der Waals surface area contributed by atoms with E-state index in [1.807, 2.05) is 25.1 Å². The van der Waals surface area contributed by atoms with Gasteiger partial charge in [0.05, 0.1) is 14.2 Å². The smallest absolute Gasteiger partial charge is 0.323 e. The summed E-state index contributed by atoms with van der Waals surface area (Å²) in [5.74, 6) is 1.16. The summed E-state index contributed by atoms with van der Waals surface area (Å²) < 4.78 is 15.9. The van der Waals surface area contributed by atoms with Gasteiger partial charge < -0.3 is 19.5 Å². The molecule has 1 aliphatic rings. The fourth-order valence-corrected chi connectivity index (χ4v) is 2.17. The van der Waals surface area contributed by atoms with Crippen LogP contribution >= 0.6 is 0 Å². The molecule has 0 aromatic heterocycles. The zero-order chi connectivity index (χ0) is 13.8. The zero-order valence-corrected chi connectivity index (χ0v) is 11.4. The normalized spacial score (nSPS) is 22.1. The Kier molecular flexibility index (Phi) is 4.27. The molecule has 1 N–H and O–H groups in total. The van der Waals surface area contributed by atoms with E-state index in [2.05, 4.69) is 5.32 Å². The molecule has 1 saturated heterocycles. The van der Waals surface area contributed by atoms with Gasteiger partial charge in [-0.05, 0) is 24.6 Å². The quantitative estimate of drug-likeness (QED) is 0.831. The van der Waals surface area contributed by atoms with Crippen LogP contribution in [0.15, 0.2) is 18.2 Å². The summed E-state index contributed by atoms with van der Waals surface area (Å²) in [4.78, 5) is 11.4. The van der Waals surface area contributed by atoms with Crippen molar-refractivity contribution in [3.63, 3.8) is 0 Å². The van der Waals surface area contributed by atoms with E-state index in [4.69, 9.17) is 14.2 Å². The van der Waals surface area contributed by atoms with Gasteiger partial charge in [0.2, 0.25) is 0 Å².